The van der Waals surface area contributed by atoms with Crippen molar-refractivity contribution in [1.29, 1.82) is 0 Å². The summed E-state index contributed by atoms with van der Waals surface area (Å²) in [6, 6.07) is 6.42. The summed E-state index contributed by atoms with van der Waals surface area (Å²) in [7, 11) is -7.59. The Bertz CT molecular complexity index is 849. The number of methoxy groups -OCH3 is 1. The molecule has 0 aliphatic carbocycles. The Morgan fingerprint density at radius 1 is 1.13 bits per heavy atom. The highest BCUT2D eigenvalue weighted by molar-refractivity contribution is 7.45. The van der Waals surface area contributed by atoms with Crippen LogP contribution >= 0.6 is 15.6 Å². The maximum atomic E-state index is 8.88. The summed E-state index contributed by atoms with van der Waals surface area (Å²) in [5, 5.41) is 4.65. The summed E-state index contributed by atoms with van der Waals surface area (Å²) >= 11 is 0. The third kappa shape index (κ3) is 14.4. The molecule has 0 radical (unpaired) electrons. The van der Waals surface area contributed by atoms with Crippen LogP contribution in [0.3, 0.4) is 0 Å². The quantitative estimate of drug-likeness (QED) is 0.280. The number of fused-ring (bicyclic) bond motifs is 1. The molecule has 1 unspecified atom stereocenters. The molecule has 1 atom stereocenters. The van der Waals surface area contributed by atoms with E-state index in [9.17, 15) is 0 Å². The van der Waals surface area contributed by atoms with Gasteiger partial charge in [0, 0.05) is 23.7 Å². The fourth-order valence-corrected chi connectivity index (χ4v) is 2.35. The molecule has 9 N–H and O–H groups in total. The number of rotatable bonds is 6. The summed E-state index contributed by atoms with van der Waals surface area (Å²) in [4.78, 5) is 47.6. The standard InChI is InChI=1S/C16H23N3O.2H3O4P/c1-11-6-8-18-16-14(11)9-13(20-3)10-15(16)19-12(2)5-4-7-17;2*1-5(2,3)4/h6,8-10,12,19H,4-5,7,17H2,1-3H3;2*(H3,1,2,3,4). The number of nitrogens with one attached hydrogen (secondary N) is 1. The Kier molecular flexibility index (Phi) is 12.3. The van der Waals surface area contributed by atoms with Crippen molar-refractivity contribution in [3.05, 3.63) is 30.0 Å². The van der Waals surface area contributed by atoms with Gasteiger partial charge in [-0.1, -0.05) is 0 Å². The Morgan fingerprint density at radius 2 is 1.67 bits per heavy atom. The molecule has 0 aliphatic heterocycles. The summed E-state index contributed by atoms with van der Waals surface area (Å²) in [5.74, 6) is 0.849. The largest absolute Gasteiger partial charge is 0.497 e. The molecule has 1 aromatic heterocycles. The SMILES string of the molecule is COc1cc(NC(C)CCCN)c2nccc(C)c2c1.O=P(O)(O)O.O=P(O)(O)O. The number of benzene rings is 1. The minimum absolute atomic E-state index is 0.358. The van der Waals surface area contributed by atoms with E-state index in [1.165, 1.54) is 5.56 Å². The Morgan fingerprint density at radius 3 is 2.13 bits per heavy atom. The number of anilines is 1. The zero-order valence-corrected chi connectivity index (χ0v) is 18.6. The van der Waals surface area contributed by atoms with Gasteiger partial charge in [0.25, 0.3) is 0 Å². The van der Waals surface area contributed by atoms with Gasteiger partial charge in [0.15, 0.2) is 0 Å². The summed E-state index contributed by atoms with van der Waals surface area (Å²) in [6.07, 6.45) is 3.91. The van der Waals surface area contributed by atoms with Crippen LogP contribution < -0.4 is 15.8 Å². The average molecular weight is 469 g/mol. The van der Waals surface area contributed by atoms with Gasteiger partial charge in [-0.05, 0) is 50.9 Å². The van der Waals surface area contributed by atoms with Crippen LogP contribution in [0, 0.1) is 6.92 Å². The number of nitrogens with two attached hydrogens (primary N) is 1. The Balaban J connectivity index is 0.000000702. The zero-order valence-electron chi connectivity index (χ0n) is 16.8. The van der Waals surface area contributed by atoms with E-state index >= 15 is 0 Å². The van der Waals surface area contributed by atoms with Gasteiger partial charge < -0.3 is 45.1 Å². The van der Waals surface area contributed by atoms with Crippen LogP contribution in [0.2, 0.25) is 0 Å². The lowest BCUT2D eigenvalue weighted by Gasteiger charge is -2.17. The van der Waals surface area contributed by atoms with E-state index in [-0.39, 0.29) is 0 Å². The van der Waals surface area contributed by atoms with Crippen LogP contribution in [0.4, 0.5) is 5.69 Å². The van der Waals surface area contributed by atoms with Crippen LogP contribution in [-0.4, -0.2) is 54.0 Å². The lowest BCUT2D eigenvalue weighted by Crippen LogP contribution is -2.17. The first-order valence-corrected chi connectivity index (χ1v) is 11.7. The van der Waals surface area contributed by atoms with Gasteiger partial charge in [-0.15, -0.1) is 0 Å². The molecule has 0 saturated carbocycles. The predicted octanol–water partition coefficient (Wildman–Crippen LogP) is 1.23. The van der Waals surface area contributed by atoms with Crippen LogP contribution in [0.1, 0.15) is 25.3 Å². The second-order valence-corrected chi connectivity index (χ2v) is 8.25. The first kappa shape index (κ1) is 28.4. The Hall–Kier alpha value is -1.59. The van der Waals surface area contributed by atoms with E-state index in [1.807, 2.05) is 24.4 Å². The van der Waals surface area contributed by atoms with E-state index in [0.29, 0.717) is 6.04 Å². The minimum atomic E-state index is -4.64. The predicted molar refractivity (Wildman–Crippen MR) is 113 cm³/mol. The van der Waals surface area contributed by atoms with Crippen LogP contribution in [0.5, 0.6) is 5.75 Å². The van der Waals surface area contributed by atoms with E-state index in [4.69, 9.17) is 49.0 Å². The molecule has 1 aromatic carbocycles. The van der Waals surface area contributed by atoms with Crippen molar-refractivity contribution in [2.75, 3.05) is 19.0 Å². The third-order valence-corrected chi connectivity index (χ3v) is 3.52. The summed E-state index contributed by atoms with van der Waals surface area (Å²) in [6.45, 7) is 4.98. The molecule has 0 spiro atoms. The number of aryl methyl sites for hydroxylation is 1. The molecule has 2 rings (SSSR count). The maximum Gasteiger partial charge on any atom is 0.466 e. The molecular formula is C16H29N3O9P2. The second kappa shape index (κ2) is 13.0. The van der Waals surface area contributed by atoms with Gasteiger partial charge in [-0.25, -0.2) is 9.13 Å². The lowest BCUT2D eigenvalue weighted by molar-refractivity contribution is 0.272. The van der Waals surface area contributed by atoms with Crippen molar-refractivity contribution in [1.82, 2.24) is 4.98 Å². The van der Waals surface area contributed by atoms with E-state index in [1.54, 1.807) is 7.11 Å². The molecule has 0 aliphatic rings. The van der Waals surface area contributed by atoms with Gasteiger partial charge in [-0.2, -0.15) is 0 Å². The molecule has 0 fully saturated rings. The molecular weight excluding hydrogens is 440 g/mol. The number of hydrogen-bond acceptors (Lipinski definition) is 6. The Labute approximate surface area is 174 Å². The smallest absolute Gasteiger partial charge is 0.466 e. The molecule has 30 heavy (non-hydrogen) atoms. The highest BCUT2D eigenvalue weighted by Crippen LogP contribution is 2.30. The monoisotopic (exact) mass is 469 g/mol. The molecule has 0 bridgehead atoms. The normalized spacial score (nSPS) is 12.2. The lowest BCUT2D eigenvalue weighted by atomic mass is 10.1. The highest BCUT2D eigenvalue weighted by atomic mass is 31.2. The van der Waals surface area contributed by atoms with Crippen LogP contribution in [0.25, 0.3) is 10.9 Å². The van der Waals surface area contributed by atoms with Gasteiger partial charge in [0.1, 0.15) is 5.75 Å². The number of ether oxygens (including phenoxy) is 1. The fraction of sp³-hybridized carbons (Fsp3) is 0.438. The van der Waals surface area contributed by atoms with Crippen molar-refractivity contribution in [2.45, 2.75) is 32.7 Å². The van der Waals surface area contributed by atoms with Crippen molar-refractivity contribution in [3.63, 3.8) is 0 Å². The van der Waals surface area contributed by atoms with Crippen molar-refractivity contribution in [2.24, 2.45) is 5.73 Å². The van der Waals surface area contributed by atoms with E-state index < -0.39 is 15.6 Å². The molecule has 0 amide bonds. The van der Waals surface area contributed by atoms with Gasteiger partial charge in [-0.3, -0.25) is 4.98 Å². The average Bonchev–Trinajstić information content (AvgIpc) is 2.57. The summed E-state index contributed by atoms with van der Waals surface area (Å²) in [5.41, 5.74) is 8.78. The van der Waals surface area contributed by atoms with Crippen LogP contribution in [-0.2, 0) is 9.13 Å². The first-order chi connectivity index (χ1) is 13.7. The molecule has 12 nitrogen and oxygen atoms in total. The number of phosphoric acid groups is 2. The van der Waals surface area contributed by atoms with Crippen LogP contribution in [0.15, 0.2) is 24.4 Å². The van der Waals surface area contributed by atoms with Crippen molar-refractivity contribution >= 4 is 32.2 Å². The number of hydrogen-bond donors (Lipinski definition) is 8. The number of nitrogens with zero attached hydrogens (tertiary/aromatic N) is 1. The topological polar surface area (TPSA) is 216 Å². The van der Waals surface area contributed by atoms with Gasteiger partial charge in [0.05, 0.1) is 18.3 Å². The summed E-state index contributed by atoms with van der Waals surface area (Å²) < 4.78 is 23.2. The van der Waals surface area contributed by atoms with E-state index in [2.05, 4.69) is 24.1 Å². The van der Waals surface area contributed by atoms with Crippen molar-refractivity contribution in [3.8, 4) is 5.75 Å². The minimum Gasteiger partial charge on any atom is -0.497 e. The van der Waals surface area contributed by atoms with Crippen molar-refractivity contribution < 1.29 is 43.2 Å². The highest BCUT2D eigenvalue weighted by Gasteiger charge is 2.10. The second-order valence-electron chi connectivity index (χ2n) is 6.20. The first-order valence-electron chi connectivity index (χ1n) is 8.62. The number of pyridine rings is 1. The van der Waals surface area contributed by atoms with Gasteiger partial charge >= 0.3 is 15.6 Å². The molecule has 2 aromatic rings. The zero-order chi connectivity index (χ0) is 23.5. The van der Waals surface area contributed by atoms with Gasteiger partial charge in [0.2, 0.25) is 0 Å². The molecule has 1 heterocycles. The number of aromatic nitrogens is 1. The molecule has 0 saturated heterocycles. The maximum absolute atomic E-state index is 8.88. The molecule has 14 heteroatoms. The van der Waals surface area contributed by atoms with E-state index in [0.717, 1.165) is 41.7 Å². The molecule has 172 valence electrons. The fourth-order valence-electron chi connectivity index (χ4n) is 2.35. The third-order valence-electron chi connectivity index (χ3n) is 3.52.